The van der Waals surface area contributed by atoms with E-state index in [4.69, 9.17) is 14.0 Å². The Balaban J connectivity index is 1.60. The maximum absolute atomic E-state index is 6.38. The van der Waals surface area contributed by atoms with Crippen LogP contribution < -0.4 is 4.90 Å². The maximum atomic E-state index is 6.38. The van der Waals surface area contributed by atoms with Crippen LogP contribution in [0, 0.1) is 13.8 Å². The second-order valence-corrected chi connectivity index (χ2v) is 9.05. The van der Waals surface area contributed by atoms with E-state index in [1.54, 1.807) is 7.11 Å². The van der Waals surface area contributed by atoms with E-state index in [-0.39, 0.29) is 6.04 Å². The fourth-order valence-electron chi connectivity index (χ4n) is 4.74. The number of anilines is 1. The summed E-state index contributed by atoms with van der Waals surface area (Å²) < 4.78 is 17.7. The normalized spacial score (nSPS) is 15.9. The van der Waals surface area contributed by atoms with Crippen LogP contribution in [0.5, 0.6) is 0 Å². The summed E-state index contributed by atoms with van der Waals surface area (Å²) in [4.78, 5) is 2.19. The lowest BCUT2D eigenvalue weighted by Gasteiger charge is -2.36. The first-order valence-electron chi connectivity index (χ1n) is 12.5. The molecule has 1 aliphatic rings. The molecule has 0 bridgehead atoms. The fraction of sp³-hybridized carbons (Fsp3) is 0.367. The number of aromatic nitrogens is 1. The van der Waals surface area contributed by atoms with Gasteiger partial charge in [-0.15, -0.1) is 0 Å². The van der Waals surface area contributed by atoms with Crippen molar-refractivity contribution in [3.63, 3.8) is 0 Å². The first-order valence-corrected chi connectivity index (χ1v) is 12.5. The number of hydrogen-bond acceptors (Lipinski definition) is 5. The molecule has 4 rings (SSSR count). The van der Waals surface area contributed by atoms with Crippen LogP contribution in [-0.2, 0) is 22.5 Å². The summed E-state index contributed by atoms with van der Waals surface area (Å²) in [5.41, 5.74) is 7.21. The van der Waals surface area contributed by atoms with Crippen molar-refractivity contribution in [3.8, 4) is 11.1 Å². The van der Waals surface area contributed by atoms with Gasteiger partial charge in [-0.2, -0.15) is 0 Å². The van der Waals surface area contributed by atoms with Gasteiger partial charge in [-0.05, 0) is 55.9 Å². The minimum absolute atomic E-state index is 0.0609. The highest BCUT2D eigenvalue weighted by Crippen LogP contribution is 2.36. The maximum Gasteiger partial charge on any atom is 0.180 e. The third kappa shape index (κ3) is 5.00. The zero-order valence-electron chi connectivity index (χ0n) is 21.7. The Morgan fingerprint density at radius 3 is 2.46 bits per heavy atom. The predicted octanol–water partition coefficient (Wildman–Crippen LogP) is 7.49. The molecule has 0 fully saturated rings. The minimum Gasteiger partial charge on any atom is -0.495 e. The lowest BCUT2D eigenvalue weighted by Crippen LogP contribution is -2.38. The second kappa shape index (κ2) is 10.9. The molecule has 0 saturated heterocycles. The highest BCUT2D eigenvalue weighted by atomic mass is 16.5. The quantitative estimate of drug-likeness (QED) is 0.323. The van der Waals surface area contributed by atoms with Crippen molar-refractivity contribution in [2.24, 2.45) is 0 Å². The highest BCUT2D eigenvalue weighted by molar-refractivity contribution is 5.68. The van der Waals surface area contributed by atoms with Crippen LogP contribution in [0.1, 0.15) is 56.1 Å². The number of methoxy groups -OCH3 is 1. The summed E-state index contributed by atoms with van der Waals surface area (Å²) in [5, 5.41) is 4.33. The van der Waals surface area contributed by atoms with Gasteiger partial charge in [0.25, 0.3) is 0 Å². The number of benzene rings is 2. The topological polar surface area (TPSA) is 47.7 Å². The van der Waals surface area contributed by atoms with E-state index in [0.29, 0.717) is 6.61 Å². The number of allylic oxidation sites excluding steroid dienone is 2. The van der Waals surface area contributed by atoms with E-state index in [1.165, 1.54) is 16.7 Å². The van der Waals surface area contributed by atoms with Gasteiger partial charge in [-0.3, -0.25) is 0 Å². The first-order chi connectivity index (χ1) is 17.0. The predicted molar refractivity (Wildman–Crippen MR) is 141 cm³/mol. The Labute approximate surface area is 209 Å². The third-order valence-corrected chi connectivity index (χ3v) is 6.73. The van der Waals surface area contributed by atoms with Crippen LogP contribution in [-0.4, -0.2) is 18.3 Å². The molecule has 1 atom stereocenters. The molecule has 1 aliphatic heterocycles. The molecular weight excluding hydrogens is 436 g/mol. The molecule has 0 N–H and O–H groups in total. The number of aryl methyl sites for hydroxylation is 2. The summed E-state index contributed by atoms with van der Waals surface area (Å²) in [6.45, 7) is 10.9. The molecule has 35 heavy (non-hydrogen) atoms. The molecule has 1 unspecified atom stereocenters. The third-order valence-electron chi connectivity index (χ3n) is 6.73. The van der Waals surface area contributed by atoms with Crippen molar-refractivity contribution in [2.75, 3.05) is 12.0 Å². The molecule has 0 saturated carbocycles. The number of ether oxygens (including phenoxy) is 2. The van der Waals surface area contributed by atoms with Gasteiger partial charge in [0, 0.05) is 17.3 Å². The van der Waals surface area contributed by atoms with Crippen LogP contribution in [0.4, 0.5) is 5.82 Å². The lowest BCUT2D eigenvalue weighted by molar-refractivity contribution is 0.165. The Hall–Kier alpha value is -3.47. The second-order valence-electron chi connectivity index (χ2n) is 9.05. The van der Waals surface area contributed by atoms with Crippen molar-refractivity contribution < 1.29 is 14.0 Å². The molecule has 3 aromatic rings. The van der Waals surface area contributed by atoms with Crippen LogP contribution in [0.15, 0.2) is 76.3 Å². The molecular formula is C30H36N2O3. The zero-order chi connectivity index (χ0) is 24.9. The molecule has 184 valence electrons. The van der Waals surface area contributed by atoms with Crippen molar-refractivity contribution >= 4 is 5.82 Å². The Morgan fingerprint density at radius 2 is 1.83 bits per heavy atom. The van der Waals surface area contributed by atoms with Crippen molar-refractivity contribution in [3.05, 3.63) is 94.3 Å². The van der Waals surface area contributed by atoms with Gasteiger partial charge in [0.05, 0.1) is 13.2 Å². The Morgan fingerprint density at radius 1 is 1.06 bits per heavy atom. The SMILES string of the molecule is CCCc1cc(COC2=C(OC)C(C)N(c3noc(C)c3C)C(CC)=C2)ccc1-c1ccccc1. The molecule has 0 amide bonds. The van der Waals surface area contributed by atoms with E-state index in [0.717, 1.165) is 59.2 Å². The summed E-state index contributed by atoms with van der Waals surface area (Å²) in [6.07, 6.45) is 5.05. The average molecular weight is 473 g/mol. The summed E-state index contributed by atoms with van der Waals surface area (Å²) >= 11 is 0. The molecule has 5 nitrogen and oxygen atoms in total. The molecule has 2 aromatic carbocycles. The molecule has 1 aromatic heterocycles. The smallest absolute Gasteiger partial charge is 0.180 e. The van der Waals surface area contributed by atoms with E-state index in [9.17, 15) is 0 Å². The molecule has 0 aliphatic carbocycles. The molecule has 0 radical (unpaired) electrons. The van der Waals surface area contributed by atoms with Gasteiger partial charge >= 0.3 is 0 Å². The van der Waals surface area contributed by atoms with Gasteiger partial charge in [0.15, 0.2) is 17.3 Å². The van der Waals surface area contributed by atoms with Gasteiger partial charge in [0.2, 0.25) is 0 Å². The van der Waals surface area contributed by atoms with Crippen LogP contribution in [0.2, 0.25) is 0 Å². The van der Waals surface area contributed by atoms with Crippen LogP contribution in [0.25, 0.3) is 11.1 Å². The van der Waals surface area contributed by atoms with Crippen LogP contribution >= 0.6 is 0 Å². The van der Waals surface area contributed by atoms with Crippen LogP contribution in [0.3, 0.4) is 0 Å². The summed E-state index contributed by atoms with van der Waals surface area (Å²) in [7, 11) is 1.70. The standard InChI is InChI=1S/C30H36N2O3/c1-7-12-25-17-23(15-16-27(25)24-13-10-9-11-14-24)19-34-28-18-26(8-2)32(21(4)29(28)33-6)30-20(3)22(5)35-31-30/h9-11,13-18,21H,7-8,12,19H2,1-6H3. The van der Waals surface area contributed by atoms with E-state index in [1.807, 2.05) is 13.8 Å². The van der Waals surface area contributed by atoms with E-state index < -0.39 is 0 Å². The molecule has 5 heteroatoms. The average Bonchev–Trinajstić information content (AvgIpc) is 3.20. The lowest BCUT2D eigenvalue weighted by atomic mass is 9.95. The Kier molecular flexibility index (Phi) is 7.64. The van der Waals surface area contributed by atoms with E-state index >= 15 is 0 Å². The van der Waals surface area contributed by atoms with Crippen molar-refractivity contribution in [2.45, 2.75) is 66.5 Å². The Bertz CT molecular complexity index is 1220. The highest BCUT2D eigenvalue weighted by Gasteiger charge is 2.33. The number of rotatable bonds is 9. The van der Waals surface area contributed by atoms with Crippen molar-refractivity contribution in [1.82, 2.24) is 5.16 Å². The molecule has 0 spiro atoms. The van der Waals surface area contributed by atoms with Gasteiger partial charge in [-0.25, -0.2) is 0 Å². The summed E-state index contributed by atoms with van der Waals surface area (Å²) in [6, 6.07) is 17.2. The number of hydrogen-bond donors (Lipinski definition) is 0. The molecule has 2 heterocycles. The minimum atomic E-state index is -0.0609. The monoisotopic (exact) mass is 472 g/mol. The van der Waals surface area contributed by atoms with Gasteiger partial charge in [0.1, 0.15) is 12.4 Å². The van der Waals surface area contributed by atoms with Crippen molar-refractivity contribution in [1.29, 1.82) is 0 Å². The number of nitrogens with zero attached hydrogens (tertiary/aromatic N) is 2. The van der Waals surface area contributed by atoms with Gasteiger partial charge < -0.3 is 18.9 Å². The largest absolute Gasteiger partial charge is 0.495 e. The van der Waals surface area contributed by atoms with E-state index in [2.05, 4.69) is 85.4 Å². The first kappa shape index (κ1) is 24.6. The summed E-state index contributed by atoms with van der Waals surface area (Å²) in [5.74, 6) is 3.22. The zero-order valence-corrected chi connectivity index (χ0v) is 21.7. The fourth-order valence-corrected chi connectivity index (χ4v) is 4.74. The van der Waals surface area contributed by atoms with Gasteiger partial charge in [-0.1, -0.05) is 74.0 Å².